The first kappa shape index (κ1) is 22.4. The number of hydrogen-bond acceptors (Lipinski definition) is 4. The molecule has 0 radical (unpaired) electrons. The highest BCUT2D eigenvalue weighted by molar-refractivity contribution is 14.0. The van der Waals surface area contributed by atoms with Gasteiger partial charge < -0.3 is 19.9 Å². The van der Waals surface area contributed by atoms with Gasteiger partial charge >= 0.3 is 0 Å². The van der Waals surface area contributed by atoms with Crippen molar-refractivity contribution in [1.82, 2.24) is 15.1 Å². The smallest absolute Gasteiger partial charge is 0.193 e. The summed E-state index contributed by atoms with van der Waals surface area (Å²) in [4.78, 5) is 11.9. The summed E-state index contributed by atoms with van der Waals surface area (Å²) in [5, 5.41) is 3.56. The minimum absolute atomic E-state index is 0. The second-order valence-electron chi connectivity index (χ2n) is 7.96. The molecule has 0 aromatic heterocycles. The summed E-state index contributed by atoms with van der Waals surface area (Å²) >= 11 is 0. The zero-order chi connectivity index (χ0) is 19.2. The van der Waals surface area contributed by atoms with E-state index in [-0.39, 0.29) is 24.0 Å². The molecule has 0 saturated carbocycles. The molecule has 1 aromatic carbocycles. The Bertz CT molecular complexity index is 679. The van der Waals surface area contributed by atoms with Crippen molar-refractivity contribution in [1.29, 1.82) is 0 Å². The first-order valence-corrected chi connectivity index (χ1v) is 10.6. The molecule has 29 heavy (non-hydrogen) atoms. The third-order valence-corrected chi connectivity index (χ3v) is 5.99. The van der Waals surface area contributed by atoms with Crippen molar-refractivity contribution in [2.24, 2.45) is 10.9 Å². The number of morpholine rings is 1. The van der Waals surface area contributed by atoms with E-state index in [1.165, 1.54) is 24.2 Å². The van der Waals surface area contributed by atoms with Gasteiger partial charge in [0.25, 0.3) is 0 Å². The van der Waals surface area contributed by atoms with Crippen molar-refractivity contribution in [3.8, 4) is 0 Å². The summed E-state index contributed by atoms with van der Waals surface area (Å²) in [6.45, 7) is 10.1. The number of aliphatic imine (C=N–C) groups is 1. The fourth-order valence-corrected chi connectivity index (χ4v) is 4.35. The van der Waals surface area contributed by atoms with E-state index in [2.05, 4.69) is 61.4 Å². The molecule has 7 heteroatoms. The normalized spacial score (nSPS) is 22.8. The number of ether oxygens (including phenoxy) is 1. The molecule has 0 spiro atoms. The van der Waals surface area contributed by atoms with E-state index in [9.17, 15) is 0 Å². The maximum atomic E-state index is 5.46. The van der Waals surface area contributed by atoms with E-state index >= 15 is 0 Å². The molecule has 1 unspecified atom stereocenters. The molecule has 6 nitrogen and oxygen atoms in total. The monoisotopic (exact) mass is 511 g/mol. The van der Waals surface area contributed by atoms with Crippen molar-refractivity contribution >= 4 is 35.6 Å². The number of likely N-dealkylation sites (tertiary alicyclic amines) is 1. The van der Waals surface area contributed by atoms with E-state index in [0.29, 0.717) is 0 Å². The molecule has 3 aliphatic rings. The van der Waals surface area contributed by atoms with Crippen LogP contribution in [0.3, 0.4) is 0 Å². The Morgan fingerprint density at radius 3 is 2.52 bits per heavy atom. The Labute approximate surface area is 192 Å². The first-order valence-electron chi connectivity index (χ1n) is 10.6. The van der Waals surface area contributed by atoms with Crippen LogP contribution in [0.25, 0.3) is 0 Å². The highest BCUT2D eigenvalue weighted by atomic mass is 127. The van der Waals surface area contributed by atoms with E-state index in [0.717, 1.165) is 70.9 Å². The van der Waals surface area contributed by atoms with Crippen LogP contribution in [0.1, 0.15) is 12.0 Å². The van der Waals surface area contributed by atoms with Gasteiger partial charge in [-0.25, -0.2) is 0 Å². The van der Waals surface area contributed by atoms with Gasteiger partial charge in [-0.2, -0.15) is 0 Å². The number of hydrogen-bond donors (Lipinski definition) is 1. The molecule has 1 atom stereocenters. The number of benzene rings is 1. The predicted molar refractivity (Wildman–Crippen MR) is 130 cm³/mol. The Hall–Kier alpha value is -1.32. The minimum Gasteiger partial charge on any atom is -0.379 e. The van der Waals surface area contributed by atoms with Crippen LogP contribution in [0.15, 0.2) is 41.4 Å². The highest BCUT2D eigenvalue weighted by Gasteiger charge is 2.27. The number of rotatable bonds is 5. The lowest BCUT2D eigenvalue weighted by Crippen LogP contribution is -2.42. The van der Waals surface area contributed by atoms with Crippen LogP contribution in [0.2, 0.25) is 0 Å². The van der Waals surface area contributed by atoms with Gasteiger partial charge in [0.1, 0.15) is 0 Å². The fourth-order valence-electron chi connectivity index (χ4n) is 4.35. The van der Waals surface area contributed by atoms with Gasteiger partial charge in [0.2, 0.25) is 0 Å². The minimum atomic E-state index is 0. The Morgan fingerprint density at radius 2 is 1.83 bits per heavy atom. The van der Waals surface area contributed by atoms with Crippen molar-refractivity contribution < 1.29 is 4.74 Å². The molecule has 2 saturated heterocycles. The molecule has 0 bridgehead atoms. The summed E-state index contributed by atoms with van der Waals surface area (Å²) in [5.74, 6) is 1.75. The number of nitrogens with zero attached hydrogens (tertiary/aromatic N) is 4. The zero-order valence-corrected chi connectivity index (χ0v) is 19.8. The molecular weight excluding hydrogens is 477 g/mol. The van der Waals surface area contributed by atoms with Crippen molar-refractivity contribution in [3.63, 3.8) is 0 Å². The Kier molecular flexibility index (Phi) is 8.62. The molecular formula is C22H34IN5O. The van der Waals surface area contributed by atoms with Crippen LogP contribution in [0, 0.1) is 5.92 Å². The predicted octanol–water partition coefficient (Wildman–Crippen LogP) is 2.41. The standard InChI is InChI=1S/C22H33N5O.HI/c1-23-22(27-11-8-20(18-27)17-25-12-14-28-15-13-25)24-16-19-4-6-21(7-5-19)26-9-2-3-10-26;/h2-7,20H,8-18H2,1H3,(H,23,24);1H. The summed E-state index contributed by atoms with van der Waals surface area (Å²) < 4.78 is 5.46. The van der Waals surface area contributed by atoms with Crippen LogP contribution in [0.4, 0.5) is 5.69 Å². The molecule has 0 amide bonds. The van der Waals surface area contributed by atoms with Gasteiger partial charge in [-0.1, -0.05) is 24.3 Å². The van der Waals surface area contributed by atoms with Crippen molar-refractivity contribution in [2.45, 2.75) is 13.0 Å². The molecule has 0 aliphatic carbocycles. The number of nitrogens with one attached hydrogen (secondary N) is 1. The van der Waals surface area contributed by atoms with Crippen molar-refractivity contribution in [3.05, 3.63) is 42.0 Å². The molecule has 1 aromatic rings. The summed E-state index contributed by atoms with van der Waals surface area (Å²) in [7, 11) is 1.89. The van der Waals surface area contributed by atoms with E-state index in [4.69, 9.17) is 4.74 Å². The van der Waals surface area contributed by atoms with E-state index in [1.54, 1.807) is 0 Å². The molecule has 4 rings (SSSR count). The molecule has 3 heterocycles. The Balaban J connectivity index is 0.00000240. The van der Waals surface area contributed by atoms with Crippen LogP contribution in [-0.2, 0) is 11.3 Å². The highest BCUT2D eigenvalue weighted by Crippen LogP contribution is 2.19. The molecule has 1 N–H and O–H groups in total. The maximum absolute atomic E-state index is 5.46. The van der Waals surface area contributed by atoms with E-state index in [1.807, 2.05) is 7.05 Å². The maximum Gasteiger partial charge on any atom is 0.193 e. The lowest BCUT2D eigenvalue weighted by atomic mass is 10.1. The van der Waals surface area contributed by atoms with Gasteiger partial charge in [-0.15, -0.1) is 24.0 Å². The van der Waals surface area contributed by atoms with Gasteiger partial charge in [0, 0.05) is 65.1 Å². The van der Waals surface area contributed by atoms with Gasteiger partial charge in [0.15, 0.2) is 5.96 Å². The topological polar surface area (TPSA) is 43.3 Å². The van der Waals surface area contributed by atoms with Gasteiger partial charge in [0.05, 0.1) is 13.2 Å². The van der Waals surface area contributed by atoms with Crippen molar-refractivity contribution in [2.75, 3.05) is 71.0 Å². The summed E-state index contributed by atoms with van der Waals surface area (Å²) in [5.41, 5.74) is 2.59. The zero-order valence-electron chi connectivity index (χ0n) is 17.4. The van der Waals surface area contributed by atoms with Crippen LogP contribution < -0.4 is 10.2 Å². The lowest BCUT2D eigenvalue weighted by molar-refractivity contribution is 0.0315. The van der Waals surface area contributed by atoms with Gasteiger partial charge in [-0.05, 0) is 30.0 Å². The van der Waals surface area contributed by atoms with E-state index < -0.39 is 0 Å². The quantitative estimate of drug-likeness (QED) is 0.285. The second-order valence-corrected chi connectivity index (χ2v) is 7.96. The van der Waals surface area contributed by atoms with Crippen LogP contribution >= 0.6 is 24.0 Å². The van der Waals surface area contributed by atoms with Crippen LogP contribution in [0.5, 0.6) is 0 Å². The average Bonchev–Trinajstić information content (AvgIpc) is 3.43. The molecule has 160 valence electrons. The summed E-state index contributed by atoms with van der Waals surface area (Å²) in [6.07, 6.45) is 5.69. The van der Waals surface area contributed by atoms with Gasteiger partial charge in [-0.3, -0.25) is 9.89 Å². The average molecular weight is 511 g/mol. The van der Waals surface area contributed by atoms with Crippen LogP contribution in [-0.4, -0.2) is 81.8 Å². The number of halogens is 1. The SMILES string of the molecule is CN=C(NCc1ccc(N2CC=CC2)cc1)N1CCC(CN2CCOCC2)C1.I. The first-order chi connectivity index (χ1) is 13.8. The summed E-state index contributed by atoms with van der Waals surface area (Å²) in [6, 6.07) is 8.89. The second kappa shape index (κ2) is 11.2. The third kappa shape index (κ3) is 6.08. The largest absolute Gasteiger partial charge is 0.379 e. The fraction of sp³-hybridized carbons (Fsp3) is 0.591. The molecule has 2 fully saturated rings. The Morgan fingerprint density at radius 1 is 1.10 bits per heavy atom. The lowest BCUT2D eigenvalue weighted by Gasteiger charge is -2.29. The number of anilines is 1. The molecule has 3 aliphatic heterocycles. The number of guanidine groups is 1. The third-order valence-electron chi connectivity index (χ3n) is 5.99.